The molecule has 0 atom stereocenters. The van der Waals surface area contributed by atoms with Gasteiger partial charge in [0, 0.05) is 50.5 Å². The fourth-order valence-corrected chi connectivity index (χ4v) is 2.72. The molecule has 138 valence electrons. The Hall–Kier alpha value is -2.12. The molecule has 7 nitrogen and oxygen atoms in total. The third-order valence-corrected chi connectivity index (χ3v) is 4.26. The Kier molecular flexibility index (Phi) is 7.69. The maximum atomic E-state index is 12.2. The number of nitrogens with one attached hydrogen (secondary N) is 2. The van der Waals surface area contributed by atoms with Gasteiger partial charge in [0.15, 0.2) is 0 Å². The first-order valence-corrected chi connectivity index (χ1v) is 8.88. The standard InChI is InChI=1S/C18H28N4O3/c1-3-22(4-2)17(23)15-5-7-16(8-6-15)20-18(24)19-9-10-21-11-13-25-14-12-21/h5-8H,3-4,9-14H2,1-2H3,(H2,19,20,24). The first-order chi connectivity index (χ1) is 12.1. The zero-order valence-corrected chi connectivity index (χ0v) is 15.1. The Bertz CT molecular complexity index is 552. The number of morpholine rings is 1. The van der Waals surface area contributed by atoms with Gasteiger partial charge >= 0.3 is 6.03 Å². The summed E-state index contributed by atoms with van der Waals surface area (Å²) in [6, 6.07) is 6.74. The lowest BCUT2D eigenvalue weighted by atomic mass is 10.2. The van der Waals surface area contributed by atoms with Gasteiger partial charge < -0.3 is 20.3 Å². The molecule has 0 spiro atoms. The summed E-state index contributed by atoms with van der Waals surface area (Å²) in [5.41, 5.74) is 1.29. The van der Waals surface area contributed by atoms with Crippen LogP contribution in [0.3, 0.4) is 0 Å². The number of carbonyl (C=O) groups is 2. The van der Waals surface area contributed by atoms with Crippen molar-refractivity contribution in [3.8, 4) is 0 Å². The van der Waals surface area contributed by atoms with E-state index in [1.807, 2.05) is 13.8 Å². The SMILES string of the molecule is CCN(CC)C(=O)c1ccc(NC(=O)NCCN2CCOCC2)cc1. The second kappa shape index (κ2) is 10.0. The highest BCUT2D eigenvalue weighted by atomic mass is 16.5. The van der Waals surface area contributed by atoms with Crippen LogP contribution in [0.25, 0.3) is 0 Å². The Labute approximate surface area is 149 Å². The lowest BCUT2D eigenvalue weighted by Crippen LogP contribution is -2.42. The largest absolute Gasteiger partial charge is 0.379 e. The summed E-state index contributed by atoms with van der Waals surface area (Å²) in [6.45, 7) is 10.0. The predicted octanol–water partition coefficient (Wildman–Crippen LogP) is 1.62. The molecule has 0 radical (unpaired) electrons. The van der Waals surface area contributed by atoms with E-state index in [4.69, 9.17) is 4.74 Å². The van der Waals surface area contributed by atoms with Crippen molar-refractivity contribution in [3.05, 3.63) is 29.8 Å². The Morgan fingerprint density at radius 3 is 2.36 bits per heavy atom. The van der Waals surface area contributed by atoms with Gasteiger partial charge in [-0.1, -0.05) is 0 Å². The number of hydrogen-bond acceptors (Lipinski definition) is 4. The molecule has 7 heteroatoms. The van der Waals surface area contributed by atoms with Crippen LogP contribution in [0.5, 0.6) is 0 Å². The van der Waals surface area contributed by atoms with Gasteiger partial charge in [0.2, 0.25) is 0 Å². The molecule has 0 bridgehead atoms. The normalized spacial score (nSPS) is 14.8. The Balaban J connectivity index is 1.76. The summed E-state index contributed by atoms with van der Waals surface area (Å²) in [5, 5.41) is 5.63. The summed E-state index contributed by atoms with van der Waals surface area (Å²) in [6.07, 6.45) is 0. The smallest absolute Gasteiger partial charge is 0.319 e. The highest BCUT2D eigenvalue weighted by Gasteiger charge is 2.13. The van der Waals surface area contributed by atoms with Crippen LogP contribution in [0.1, 0.15) is 24.2 Å². The van der Waals surface area contributed by atoms with Crippen molar-refractivity contribution in [1.82, 2.24) is 15.1 Å². The van der Waals surface area contributed by atoms with Crippen molar-refractivity contribution in [2.45, 2.75) is 13.8 Å². The van der Waals surface area contributed by atoms with Gasteiger partial charge in [-0.15, -0.1) is 0 Å². The molecule has 3 amide bonds. The highest BCUT2D eigenvalue weighted by Crippen LogP contribution is 2.11. The van der Waals surface area contributed by atoms with Crippen LogP contribution in [0.2, 0.25) is 0 Å². The molecule has 25 heavy (non-hydrogen) atoms. The molecular formula is C18H28N4O3. The van der Waals surface area contributed by atoms with E-state index in [0.717, 1.165) is 32.8 Å². The summed E-state index contributed by atoms with van der Waals surface area (Å²) in [5.74, 6) is 0.00603. The molecule has 1 aromatic rings. The van der Waals surface area contributed by atoms with Crippen LogP contribution < -0.4 is 10.6 Å². The summed E-state index contributed by atoms with van der Waals surface area (Å²) >= 11 is 0. The van der Waals surface area contributed by atoms with Crippen LogP contribution in [-0.4, -0.2) is 74.2 Å². The third-order valence-electron chi connectivity index (χ3n) is 4.26. The molecule has 1 aliphatic rings. The molecule has 1 saturated heterocycles. The molecule has 2 rings (SSSR count). The van der Waals surface area contributed by atoms with Crippen LogP contribution in [0.15, 0.2) is 24.3 Å². The van der Waals surface area contributed by atoms with Crippen LogP contribution in [0.4, 0.5) is 10.5 Å². The molecule has 2 N–H and O–H groups in total. The molecule has 1 aliphatic heterocycles. The summed E-state index contributed by atoms with van der Waals surface area (Å²) in [7, 11) is 0. The minimum Gasteiger partial charge on any atom is -0.379 e. The molecule has 0 aliphatic carbocycles. The van der Waals surface area contributed by atoms with E-state index in [-0.39, 0.29) is 11.9 Å². The fourth-order valence-electron chi connectivity index (χ4n) is 2.72. The maximum absolute atomic E-state index is 12.2. The molecular weight excluding hydrogens is 320 g/mol. The van der Waals surface area contributed by atoms with Crippen molar-refractivity contribution in [2.75, 3.05) is 57.8 Å². The first-order valence-electron chi connectivity index (χ1n) is 8.88. The first kappa shape index (κ1) is 19.2. The fraction of sp³-hybridized carbons (Fsp3) is 0.556. The minimum absolute atomic E-state index is 0.00603. The van der Waals surface area contributed by atoms with Crippen LogP contribution >= 0.6 is 0 Å². The Morgan fingerprint density at radius 2 is 1.76 bits per heavy atom. The topological polar surface area (TPSA) is 73.9 Å². The highest BCUT2D eigenvalue weighted by molar-refractivity contribution is 5.95. The van der Waals surface area contributed by atoms with E-state index in [1.165, 1.54) is 0 Å². The van der Waals surface area contributed by atoms with E-state index in [9.17, 15) is 9.59 Å². The molecule has 1 aromatic carbocycles. The van der Waals surface area contributed by atoms with Gasteiger partial charge in [-0.25, -0.2) is 4.79 Å². The number of benzene rings is 1. The van der Waals surface area contributed by atoms with Gasteiger partial charge in [-0.2, -0.15) is 0 Å². The van der Waals surface area contributed by atoms with Gasteiger partial charge in [-0.05, 0) is 38.1 Å². The number of rotatable bonds is 7. The lowest BCUT2D eigenvalue weighted by Gasteiger charge is -2.26. The van der Waals surface area contributed by atoms with E-state index in [0.29, 0.717) is 30.9 Å². The number of amides is 3. The monoisotopic (exact) mass is 348 g/mol. The summed E-state index contributed by atoms with van der Waals surface area (Å²) < 4.78 is 5.29. The van der Waals surface area contributed by atoms with Crippen molar-refractivity contribution < 1.29 is 14.3 Å². The maximum Gasteiger partial charge on any atom is 0.319 e. The molecule has 0 unspecified atom stereocenters. The van der Waals surface area contributed by atoms with E-state index >= 15 is 0 Å². The van der Waals surface area contributed by atoms with Gasteiger partial charge in [0.05, 0.1) is 13.2 Å². The minimum atomic E-state index is -0.240. The average molecular weight is 348 g/mol. The average Bonchev–Trinajstić information content (AvgIpc) is 2.64. The number of carbonyl (C=O) groups excluding carboxylic acids is 2. The zero-order chi connectivity index (χ0) is 18.1. The number of anilines is 1. The Morgan fingerprint density at radius 1 is 1.12 bits per heavy atom. The molecule has 0 aromatic heterocycles. The molecule has 0 saturated carbocycles. The summed E-state index contributed by atoms with van der Waals surface area (Å²) in [4.78, 5) is 28.2. The van der Waals surface area contributed by atoms with Gasteiger partial charge in [0.1, 0.15) is 0 Å². The van der Waals surface area contributed by atoms with Crippen molar-refractivity contribution >= 4 is 17.6 Å². The van der Waals surface area contributed by atoms with Crippen molar-refractivity contribution in [2.24, 2.45) is 0 Å². The third kappa shape index (κ3) is 6.03. The van der Waals surface area contributed by atoms with Crippen molar-refractivity contribution in [3.63, 3.8) is 0 Å². The number of urea groups is 1. The number of ether oxygens (including phenoxy) is 1. The van der Waals surface area contributed by atoms with Gasteiger partial charge in [-0.3, -0.25) is 9.69 Å². The molecule has 1 fully saturated rings. The van der Waals surface area contributed by atoms with Crippen molar-refractivity contribution in [1.29, 1.82) is 0 Å². The second-order valence-electron chi connectivity index (χ2n) is 5.89. The number of nitrogens with zero attached hydrogens (tertiary/aromatic N) is 2. The predicted molar refractivity (Wildman–Crippen MR) is 98.0 cm³/mol. The number of hydrogen-bond donors (Lipinski definition) is 2. The molecule has 1 heterocycles. The van der Waals surface area contributed by atoms with Crippen LogP contribution in [-0.2, 0) is 4.74 Å². The lowest BCUT2D eigenvalue weighted by molar-refractivity contribution is 0.0388. The van der Waals surface area contributed by atoms with Crippen LogP contribution in [0, 0.1) is 0 Å². The zero-order valence-electron chi connectivity index (χ0n) is 15.1. The quantitative estimate of drug-likeness (QED) is 0.785. The van der Waals surface area contributed by atoms with Gasteiger partial charge in [0.25, 0.3) is 5.91 Å². The second-order valence-corrected chi connectivity index (χ2v) is 5.89. The van der Waals surface area contributed by atoms with E-state index in [1.54, 1.807) is 29.2 Å². The van der Waals surface area contributed by atoms with E-state index in [2.05, 4.69) is 15.5 Å². The van der Waals surface area contributed by atoms with E-state index < -0.39 is 0 Å².